The first-order valence-corrected chi connectivity index (χ1v) is 14.0. The highest BCUT2D eigenvalue weighted by molar-refractivity contribution is 6.34. The first-order chi connectivity index (χ1) is 21.7. The molecule has 2 aliphatic rings. The molecule has 0 saturated carbocycles. The second-order valence-corrected chi connectivity index (χ2v) is 10.6. The van der Waals surface area contributed by atoms with Crippen molar-refractivity contribution in [1.29, 1.82) is 0 Å². The highest BCUT2D eigenvalue weighted by atomic mass is 16.5. The third kappa shape index (κ3) is 5.06. The van der Waals surface area contributed by atoms with Crippen molar-refractivity contribution in [2.24, 2.45) is 0 Å². The molecule has 4 amide bonds. The smallest absolute Gasteiger partial charge is 0.266 e. The van der Waals surface area contributed by atoms with Crippen molar-refractivity contribution in [3.05, 3.63) is 137 Å². The van der Waals surface area contributed by atoms with Gasteiger partial charge in [0.25, 0.3) is 23.6 Å². The zero-order valence-corrected chi connectivity index (χ0v) is 24.1. The Morgan fingerprint density at radius 3 is 1.36 bits per heavy atom. The number of rotatable bonds is 7. The second kappa shape index (κ2) is 10.8. The molecule has 0 aliphatic carbocycles. The molecule has 2 heterocycles. The maximum Gasteiger partial charge on any atom is 0.266 e. The van der Waals surface area contributed by atoms with Crippen molar-refractivity contribution < 1.29 is 33.4 Å². The Hall–Kier alpha value is -6.22. The minimum atomic E-state index is -0.391. The lowest BCUT2D eigenvalue weighted by Gasteiger charge is -2.14. The zero-order valence-electron chi connectivity index (χ0n) is 24.1. The summed E-state index contributed by atoms with van der Waals surface area (Å²) in [7, 11) is 1.45. The van der Waals surface area contributed by atoms with Gasteiger partial charge in [0.1, 0.15) is 34.5 Å². The number of carbonyl (C=O) groups is 4. The molecule has 9 nitrogen and oxygen atoms in total. The lowest BCUT2D eigenvalue weighted by molar-refractivity contribution is 0.0692. The van der Waals surface area contributed by atoms with Crippen LogP contribution < -0.4 is 19.1 Å². The van der Waals surface area contributed by atoms with E-state index < -0.39 is 5.91 Å². The lowest BCUT2D eigenvalue weighted by Crippen LogP contribution is -2.29. The topological polar surface area (TPSA) is 102 Å². The van der Waals surface area contributed by atoms with E-state index in [-0.39, 0.29) is 17.7 Å². The van der Waals surface area contributed by atoms with Crippen LogP contribution in [0, 0.1) is 6.92 Å². The van der Waals surface area contributed by atoms with Crippen molar-refractivity contribution >= 4 is 29.3 Å². The van der Waals surface area contributed by atoms with Gasteiger partial charge in [-0.3, -0.25) is 24.1 Å². The van der Waals surface area contributed by atoms with E-state index in [4.69, 9.17) is 14.2 Å². The lowest BCUT2D eigenvalue weighted by atomic mass is 10.1. The van der Waals surface area contributed by atoms with E-state index in [1.54, 1.807) is 97.1 Å². The van der Waals surface area contributed by atoms with E-state index >= 15 is 0 Å². The summed E-state index contributed by atoms with van der Waals surface area (Å²) in [6.45, 7) is 1.91. The molecule has 220 valence electrons. The standard InChI is InChI=1S/C36H24N2O7/c1-21-4-3-5-22(18-21)38-35(41)30-17-15-28(20-32(30)36(38)42)45-26-12-8-24(9-13-26)43-23-6-10-25(11-7-23)44-27-14-16-29-31(19-27)34(40)37(2)33(29)39/h3-20H,1-2H3. The third-order valence-electron chi connectivity index (χ3n) is 7.53. The fourth-order valence-electron chi connectivity index (χ4n) is 5.25. The summed E-state index contributed by atoms with van der Waals surface area (Å²) in [6.07, 6.45) is 0. The molecule has 0 N–H and O–H groups in total. The first kappa shape index (κ1) is 27.6. The number of carbonyl (C=O) groups excluding carboxylic acids is 4. The normalized spacial score (nSPS) is 13.6. The monoisotopic (exact) mass is 596 g/mol. The average Bonchev–Trinajstić information content (AvgIpc) is 3.42. The quantitative estimate of drug-likeness (QED) is 0.180. The Balaban J connectivity index is 0.988. The third-order valence-corrected chi connectivity index (χ3v) is 7.53. The molecule has 0 saturated heterocycles. The van der Waals surface area contributed by atoms with Gasteiger partial charge in [-0.1, -0.05) is 12.1 Å². The molecule has 0 unspecified atom stereocenters. The van der Waals surface area contributed by atoms with E-state index in [9.17, 15) is 19.2 Å². The summed E-state index contributed by atoms with van der Waals surface area (Å²) in [5.74, 6) is 1.64. The SMILES string of the molecule is Cc1cccc(N2C(=O)c3ccc(Oc4ccc(Oc5ccc(Oc6ccc7c(c6)C(=O)N(C)C7=O)cc5)cc4)cc3C2=O)c1. The highest BCUT2D eigenvalue weighted by Gasteiger charge is 2.37. The molecular formula is C36H24N2O7. The van der Waals surface area contributed by atoms with Gasteiger partial charge in [0.2, 0.25) is 0 Å². The van der Waals surface area contributed by atoms with Gasteiger partial charge in [0.05, 0.1) is 27.9 Å². The Kier molecular flexibility index (Phi) is 6.63. The molecule has 0 radical (unpaired) electrons. The van der Waals surface area contributed by atoms with Crippen LogP contribution in [0.5, 0.6) is 34.5 Å². The summed E-state index contributed by atoms with van der Waals surface area (Å²) in [6, 6.07) is 30.9. The number of amides is 4. The molecule has 9 heteroatoms. The van der Waals surface area contributed by atoms with Gasteiger partial charge in [-0.25, -0.2) is 4.90 Å². The number of hydrogen-bond acceptors (Lipinski definition) is 7. The Morgan fingerprint density at radius 1 is 0.444 bits per heavy atom. The summed E-state index contributed by atoms with van der Waals surface area (Å²) in [5, 5.41) is 0. The van der Waals surface area contributed by atoms with Gasteiger partial charge < -0.3 is 14.2 Å². The van der Waals surface area contributed by atoms with Crippen molar-refractivity contribution in [2.75, 3.05) is 11.9 Å². The average molecular weight is 597 g/mol. The van der Waals surface area contributed by atoms with Gasteiger partial charge in [-0.15, -0.1) is 0 Å². The Bertz CT molecular complexity index is 2030. The van der Waals surface area contributed by atoms with Crippen LogP contribution in [0.3, 0.4) is 0 Å². The predicted molar refractivity (Wildman–Crippen MR) is 165 cm³/mol. The predicted octanol–water partition coefficient (Wildman–Crippen LogP) is 7.40. The second-order valence-electron chi connectivity index (χ2n) is 10.6. The Morgan fingerprint density at radius 2 is 0.844 bits per heavy atom. The van der Waals surface area contributed by atoms with Crippen LogP contribution in [0.15, 0.2) is 109 Å². The number of fused-ring (bicyclic) bond motifs is 2. The van der Waals surface area contributed by atoms with E-state index in [1.807, 2.05) is 19.1 Å². The van der Waals surface area contributed by atoms with Gasteiger partial charge in [-0.2, -0.15) is 0 Å². The van der Waals surface area contributed by atoms with Gasteiger partial charge in [0, 0.05) is 7.05 Å². The number of hydrogen-bond donors (Lipinski definition) is 0. The van der Waals surface area contributed by atoms with Crippen LogP contribution in [0.25, 0.3) is 0 Å². The molecule has 5 aromatic rings. The summed E-state index contributed by atoms with van der Waals surface area (Å²) >= 11 is 0. The number of anilines is 1. The first-order valence-electron chi connectivity index (χ1n) is 14.0. The number of imide groups is 2. The van der Waals surface area contributed by atoms with Gasteiger partial charge >= 0.3 is 0 Å². The van der Waals surface area contributed by atoms with Crippen LogP contribution in [-0.4, -0.2) is 35.6 Å². The van der Waals surface area contributed by atoms with Gasteiger partial charge in [0.15, 0.2) is 0 Å². The minimum Gasteiger partial charge on any atom is -0.457 e. The largest absolute Gasteiger partial charge is 0.457 e. The number of benzene rings is 5. The maximum atomic E-state index is 13.1. The van der Waals surface area contributed by atoms with Gasteiger partial charge in [-0.05, 0) is 110 Å². The summed E-state index contributed by atoms with van der Waals surface area (Å²) in [5.41, 5.74) is 2.78. The van der Waals surface area contributed by atoms with Crippen molar-refractivity contribution in [3.63, 3.8) is 0 Å². The fraction of sp³-hybridized carbons (Fsp3) is 0.0556. The van der Waals surface area contributed by atoms with Crippen LogP contribution in [0.1, 0.15) is 47.0 Å². The van der Waals surface area contributed by atoms with Crippen molar-refractivity contribution in [1.82, 2.24) is 4.90 Å². The molecule has 0 fully saturated rings. The summed E-state index contributed by atoms with van der Waals surface area (Å²) < 4.78 is 17.8. The molecule has 0 bridgehead atoms. The zero-order chi connectivity index (χ0) is 31.2. The minimum absolute atomic E-state index is 0.291. The Labute approximate surface area is 257 Å². The maximum absolute atomic E-state index is 13.1. The summed E-state index contributed by atoms with van der Waals surface area (Å²) in [4.78, 5) is 52.7. The number of aryl methyl sites for hydroxylation is 1. The number of nitrogens with zero attached hydrogens (tertiary/aromatic N) is 2. The number of ether oxygens (including phenoxy) is 3. The van der Waals surface area contributed by atoms with E-state index in [1.165, 1.54) is 11.9 Å². The molecule has 0 spiro atoms. The fourth-order valence-corrected chi connectivity index (χ4v) is 5.25. The van der Waals surface area contributed by atoms with Crippen LogP contribution in [0.2, 0.25) is 0 Å². The van der Waals surface area contributed by atoms with E-state index in [0.717, 1.165) is 10.5 Å². The molecule has 7 rings (SSSR count). The van der Waals surface area contributed by atoms with E-state index in [2.05, 4.69) is 0 Å². The van der Waals surface area contributed by atoms with Crippen molar-refractivity contribution in [3.8, 4) is 34.5 Å². The van der Waals surface area contributed by atoms with Crippen LogP contribution in [-0.2, 0) is 0 Å². The molecule has 0 atom stereocenters. The van der Waals surface area contributed by atoms with Crippen LogP contribution >= 0.6 is 0 Å². The van der Waals surface area contributed by atoms with Crippen LogP contribution in [0.4, 0.5) is 5.69 Å². The molecule has 45 heavy (non-hydrogen) atoms. The molecule has 2 aliphatic heterocycles. The molecular weight excluding hydrogens is 572 g/mol. The highest BCUT2D eigenvalue weighted by Crippen LogP contribution is 2.34. The van der Waals surface area contributed by atoms with Crippen molar-refractivity contribution in [2.45, 2.75) is 6.92 Å². The molecule has 5 aromatic carbocycles. The van der Waals surface area contributed by atoms with E-state index in [0.29, 0.717) is 62.4 Å². The molecule has 0 aromatic heterocycles.